The van der Waals surface area contributed by atoms with Gasteiger partial charge in [0.25, 0.3) is 0 Å². The van der Waals surface area contributed by atoms with Crippen LogP contribution in [-0.2, 0) is 0 Å². The van der Waals surface area contributed by atoms with Crippen LogP contribution in [0.5, 0.6) is 0 Å². The molecule has 0 aliphatic heterocycles. The van der Waals surface area contributed by atoms with Gasteiger partial charge in [-0.25, -0.2) is 0 Å². The fourth-order valence-corrected chi connectivity index (χ4v) is 3.43. The molecule has 1 aromatic carbocycles. The SMILES string of the molecule is CCC1CCC(CN)(C(O)c2ccccc2Cl)C1. The van der Waals surface area contributed by atoms with Crippen LogP contribution < -0.4 is 5.73 Å². The first-order valence-corrected chi connectivity index (χ1v) is 7.13. The van der Waals surface area contributed by atoms with Crippen LogP contribution in [0.4, 0.5) is 0 Å². The van der Waals surface area contributed by atoms with Gasteiger partial charge in [0.1, 0.15) is 0 Å². The normalized spacial score (nSPS) is 29.4. The van der Waals surface area contributed by atoms with Gasteiger partial charge < -0.3 is 10.8 Å². The molecule has 0 saturated heterocycles. The summed E-state index contributed by atoms with van der Waals surface area (Å²) in [6.07, 6.45) is 3.78. The molecule has 1 fully saturated rings. The van der Waals surface area contributed by atoms with Crippen molar-refractivity contribution in [2.45, 2.75) is 38.7 Å². The zero-order chi connectivity index (χ0) is 13.2. The summed E-state index contributed by atoms with van der Waals surface area (Å²) >= 11 is 6.19. The minimum Gasteiger partial charge on any atom is -0.388 e. The first kappa shape index (κ1) is 13.9. The number of benzene rings is 1. The Labute approximate surface area is 114 Å². The number of hydrogen-bond acceptors (Lipinski definition) is 2. The quantitative estimate of drug-likeness (QED) is 0.877. The molecule has 3 atom stereocenters. The Morgan fingerprint density at radius 3 is 2.78 bits per heavy atom. The molecule has 1 aliphatic rings. The van der Waals surface area contributed by atoms with Crippen molar-refractivity contribution in [1.29, 1.82) is 0 Å². The Balaban J connectivity index is 2.26. The summed E-state index contributed by atoms with van der Waals surface area (Å²) in [7, 11) is 0. The Bertz CT molecular complexity index is 409. The molecular weight excluding hydrogens is 246 g/mol. The first-order valence-electron chi connectivity index (χ1n) is 6.75. The Morgan fingerprint density at radius 2 is 2.22 bits per heavy atom. The van der Waals surface area contributed by atoms with Gasteiger partial charge in [-0.15, -0.1) is 0 Å². The predicted octanol–water partition coefficient (Wildman–Crippen LogP) is 3.53. The van der Waals surface area contributed by atoms with Crippen LogP contribution in [-0.4, -0.2) is 11.7 Å². The van der Waals surface area contributed by atoms with Crippen molar-refractivity contribution >= 4 is 11.6 Å². The van der Waals surface area contributed by atoms with E-state index in [9.17, 15) is 5.11 Å². The van der Waals surface area contributed by atoms with Crippen LogP contribution in [0.3, 0.4) is 0 Å². The summed E-state index contributed by atoms with van der Waals surface area (Å²) in [5, 5.41) is 11.3. The molecule has 3 heteroatoms. The van der Waals surface area contributed by atoms with Crippen molar-refractivity contribution in [3.63, 3.8) is 0 Å². The molecule has 0 aromatic heterocycles. The number of hydrogen-bond donors (Lipinski definition) is 2. The third-order valence-electron chi connectivity index (χ3n) is 4.51. The van der Waals surface area contributed by atoms with Crippen LogP contribution in [0.15, 0.2) is 24.3 Å². The van der Waals surface area contributed by atoms with E-state index < -0.39 is 6.10 Å². The molecule has 0 amide bonds. The highest BCUT2D eigenvalue weighted by Gasteiger charge is 2.44. The van der Waals surface area contributed by atoms with E-state index in [2.05, 4.69) is 6.92 Å². The number of rotatable bonds is 4. The average Bonchev–Trinajstić information content (AvgIpc) is 2.83. The maximum atomic E-state index is 10.7. The van der Waals surface area contributed by atoms with Crippen LogP contribution in [0.2, 0.25) is 5.02 Å². The second kappa shape index (κ2) is 5.60. The number of aliphatic hydroxyl groups excluding tert-OH is 1. The van der Waals surface area contributed by atoms with Gasteiger partial charge in [-0.1, -0.05) is 43.1 Å². The topological polar surface area (TPSA) is 46.2 Å². The molecule has 100 valence electrons. The summed E-state index contributed by atoms with van der Waals surface area (Å²) in [6, 6.07) is 7.54. The lowest BCUT2D eigenvalue weighted by Crippen LogP contribution is -2.34. The van der Waals surface area contributed by atoms with Crippen LogP contribution in [0.1, 0.15) is 44.3 Å². The summed E-state index contributed by atoms with van der Waals surface area (Å²) in [5.74, 6) is 0.686. The van der Waals surface area contributed by atoms with E-state index in [-0.39, 0.29) is 5.41 Å². The lowest BCUT2D eigenvalue weighted by molar-refractivity contribution is 0.0302. The van der Waals surface area contributed by atoms with Crippen molar-refractivity contribution in [3.05, 3.63) is 34.9 Å². The highest BCUT2D eigenvalue weighted by atomic mass is 35.5. The molecule has 0 spiro atoms. The van der Waals surface area contributed by atoms with Crippen molar-refractivity contribution < 1.29 is 5.11 Å². The molecule has 1 saturated carbocycles. The molecule has 1 aromatic rings. The van der Waals surface area contributed by atoms with Gasteiger partial charge in [0, 0.05) is 17.0 Å². The Hall–Kier alpha value is -0.570. The second-order valence-corrected chi connectivity index (χ2v) is 5.91. The molecular formula is C15H22ClNO. The molecule has 0 radical (unpaired) electrons. The van der Waals surface area contributed by atoms with E-state index in [1.807, 2.05) is 24.3 Å². The first-order chi connectivity index (χ1) is 8.63. The molecule has 3 unspecified atom stereocenters. The highest BCUT2D eigenvalue weighted by molar-refractivity contribution is 6.31. The summed E-state index contributed by atoms with van der Waals surface area (Å²) in [4.78, 5) is 0. The van der Waals surface area contributed by atoms with E-state index in [0.29, 0.717) is 17.5 Å². The maximum Gasteiger partial charge on any atom is 0.0872 e. The van der Waals surface area contributed by atoms with E-state index in [1.54, 1.807) is 0 Å². The molecule has 0 bridgehead atoms. The molecule has 2 nitrogen and oxygen atoms in total. The van der Waals surface area contributed by atoms with Crippen molar-refractivity contribution in [2.75, 3.05) is 6.54 Å². The number of nitrogens with two attached hydrogens (primary N) is 1. The van der Waals surface area contributed by atoms with Gasteiger partial charge in [0.15, 0.2) is 0 Å². The minimum atomic E-state index is -0.548. The fourth-order valence-electron chi connectivity index (χ4n) is 3.19. The Kier molecular flexibility index (Phi) is 4.31. The van der Waals surface area contributed by atoms with Gasteiger partial charge in [0.2, 0.25) is 0 Å². The monoisotopic (exact) mass is 267 g/mol. The van der Waals surface area contributed by atoms with Gasteiger partial charge in [0.05, 0.1) is 6.10 Å². The van der Waals surface area contributed by atoms with E-state index in [4.69, 9.17) is 17.3 Å². The number of halogens is 1. The Morgan fingerprint density at radius 1 is 1.50 bits per heavy atom. The fraction of sp³-hybridized carbons (Fsp3) is 0.600. The van der Waals surface area contributed by atoms with Gasteiger partial charge in [-0.3, -0.25) is 0 Å². The van der Waals surface area contributed by atoms with Crippen molar-refractivity contribution in [2.24, 2.45) is 17.1 Å². The van der Waals surface area contributed by atoms with Crippen LogP contribution in [0, 0.1) is 11.3 Å². The van der Waals surface area contributed by atoms with E-state index in [1.165, 1.54) is 0 Å². The smallest absolute Gasteiger partial charge is 0.0872 e. The third-order valence-corrected chi connectivity index (χ3v) is 4.85. The van der Waals surface area contributed by atoms with E-state index in [0.717, 1.165) is 31.2 Å². The summed E-state index contributed by atoms with van der Waals surface area (Å²) < 4.78 is 0. The molecule has 0 heterocycles. The van der Waals surface area contributed by atoms with Gasteiger partial charge in [-0.2, -0.15) is 0 Å². The maximum absolute atomic E-state index is 10.7. The van der Waals surface area contributed by atoms with Crippen molar-refractivity contribution in [3.8, 4) is 0 Å². The summed E-state index contributed by atoms with van der Waals surface area (Å²) in [5.41, 5.74) is 6.60. The van der Waals surface area contributed by atoms with Crippen LogP contribution >= 0.6 is 11.6 Å². The number of aliphatic hydroxyl groups is 1. The van der Waals surface area contributed by atoms with Crippen LogP contribution in [0.25, 0.3) is 0 Å². The average molecular weight is 268 g/mol. The summed E-state index contributed by atoms with van der Waals surface area (Å²) in [6.45, 7) is 2.73. The van der Waals surface area contributed by atoms with E-state index >= 15 is 0 Å². The second-order valence-electron chi connectivity index (χ2n) is 5.51. The van der Waals surface area contributed by atoms with Crippen molar-refractivity contribution in [1.82, 2.24) is 0 Å². The lowest BCUT2D eigenvalue weighted by Gasteiger charge is -2.34. The molecule has 3 N–H and O–H groups in total. The predicted molar refractivity (Wildman–Crippen MR) is 75.5 cm³/mol. The molecule has 2 rings (SSSR count). The standard InChI is InChI=1S/C15H22ClNO/c1-2-11-7-8-15(9-11,10-17)14(18)12-5-3-4-6-13(12)16/h3-6,11,14,18H,2,7-10,17H2,1H3. The molecule has 18 heavy (non-hydrogen) atoms. The molecule has 1 aliphatic carbocycles. The third kappa shape index (κ3) is 2.42. The zero-order valence-corrected chi connectivity index (χ0v) is 11.7. The lowest BCUT2D eigenvalue weighted by atomic mass is 9.76. The van der Waals surface area contributed by atoms with Gasteiger partial charge >= 0.3 is 0 Å². The highest BCUT2D eigenvalue weighted by Crippen LogP contribution is 2.51. The van der Waals surface area contributed by atoms with Gasteiger partial charge in [-0.05, 0) is 36.8 Å². The zero-order valence-electron chi connectivity index (χ0n) is 10.9. The minimum absolute atomic E-state index is 0.189. The largest absolute Gasteiger partial charge is 0.388 e.